The number of rotatable bonds is 30. The minimum absolute atomic E-state index is 0. The second-order valence-electron chi connectivity index (χ2n) is 33.3. The van der Waals surface area contributed by atoms with Gasteiger partial charge in [0.2, 0.25) is 16.3 Å². The number of nitrogens with one attached hydrogen (secondary N) is 1. The van der Waals surface area contributed by atoms with Gasteiger partial charge in [-0.05, 0) is 196 Å². The van der Waals surface area contributed by atoms with Crippen LogP contribution in [0.15, 0.2) is 76.5 Å². The number of carbonyl (C=O) groups excluding carboxylic acids is 7. The van der Waals surface area contributed by atoms with E-state index in [2.05, 4.69) is 138 Å². The summed E-state index contributed by atoms with van der Waals surface area (Å²) in [5, 5.41) is 11.3. The van der Waals surface area contributed by atoms with Crippen molar-refractivity contribution in [1.82, 2.24) is 34.0 Å². The Labute approximate surface area is 743 Å². The second kappa shape index (κ2) is 44.8. The van der Waals surface area contributed by atoms with E-state index in [9.17, 15) is 53.1 Å². The first-order valence-corrected chi connectivity index (χ1v) is 43.6. The van der Waals surface area contributed by atoms with E-state index >= 15 is 0 Å². The molecule has 662 valence electrons. The molecule has 1 amide bonds. The van der Waals surface area contributed by atoms with Crippen LogP contribution >= 0.6 is 63.7 Å². The molecule has 0 spiro atoms. The highest BCUT2D eigenvalue weighted by Gasteiger charge is 2.54. The van der Waals surface area contributed by atoms with Gasteiger partial charge in [0, 0.05) is 103 Å². The Morgan fingerprint density at radius 2 is 0.950 bits per heavy atom. The number of hydrogen-bond acceptors (Lipinski definition) is 20. The molecule has 2 N–H and O–H groups in total. The standard InChI is InChI=1S/C17H23Br2NO3.2C17H25NO3.C16H21BrN2O3.C13H17NO3.C11H14BrNO2.CH4/c1-6-7-10(21)12-14(23-5)13(22)11(19)15-16(2,3)8-17(4,9-18)20(12)15;1-7-8-12(19)15-16(21-6)13(20)9-14(18-15)17(4,5)10-11(2)3;1-7-8-13(19)15-16(21-6)12(4)9-14(18-15)17(5,20)10-11(2)3;1-6-18-8-16(4)7-15(2,3)13-9(17)11(20)12(22-5)10(14(18)21)19(13)16;1-5-6-11(16)12-13(17-4)8(2)7-10(14-12)9(3)15;1-4-5-8(14)10-11(15-3)7(2)6-9(12)13-10;/h6-9H2,1-5H3;9H,2,7-8,10H2,1,3-6H3,(H,18,20);9,20H,2,7-8,10H2,1,3-6H3;6-8H2,1-5H3;7H,5-6H2,1-4H3;6H,4-5H2,1-3H3;1H4. The van der Waals surface area contributed by atoms with Crippen molar-refractivity contribution in [2.75, 3.05) is 61.1 Å². The second-order valence-corrected chi connectivity index (χ2v) is 36.3. The number of amides is 1. The first-order valence-electron chi connectivity index (χ1n) is 40.1. The van der Waals surface area contributed by atoms with Crippen LogP contribution in [-0.2, 0) is 32.9 Å². The van der Waals surface area contributed by atoms with Crippen LogP contribution in [0, 0.1) is 20.8 Å². The summed E-state index contributed by atoms with van der Waals surface area (Å²) in [6.07, 6.45) is 8.70. The highest BCUT2D eigenvalue weighted by atomic mass is 79.9. The maximum atomic E-state index is 12.8. The molecule has 9 rings (SSSR count). The molecule has 28 heteroatoms. The fourth-order valence-electron chi connectivity index (χ4n) is 16.0. The van der Waals surface area contributed by atoms with Gasteiger partial charge in [0.05, 0.1) is 68.4 Å². The number of fused-ring (bicyclic) bond motifs is 1. The summed E-state index contributed by atoms with van der Waals surface area (Å²) >= 11 is 13.8. The van der Waals surface area contributed by atoms with E-state index in [1.807, 2.05) is 98.3 Å². The summed E-state index contributed by atoms with van der Waals surface area (Å²) in [5.41, 5.74) is 6.61. The van der Waals surface area contributed by atoms with E-state index in [1.165, 1.54) is 48.5 Å². The third-order valence-electron chi connectivity index (χ3n) is 20.7. The molecule has 0 bridgehead atoms. The SMILES string of the molecule is C.C=C(C)CC(C)(C)c1cc(=O)c(OC)c(C(=O)CCC)[nH]1.C=C(C)CC(C)(O)c1cc(C)c(OC)c(C(=O)CCC)n1.CCCC(=O)c1c(OC)c(=O)c(Br)c2n1C(C)(CBr)CC2(C)C.CCCC(=O)c1nc(Br)cc(C)c1OC.CCCC(=O)c1nc(C(C)=O)cc(C)c1OC.CCN1CC2(C)CC(C)(C)c3c(Br)c(=O)c(OC)c(n32)C1=O. The van der Waals surface area contributed by atoms with Crippen molar-refractivity contribution in [3.05, 3.63) is 172 Å². The Morgan fingerprint density at radius 1 is 0.542 bits per heavy atom. The van der Waals surface area contributed by atoms with E-state index < -0.39 is 5.60 Å². The molecular weight excluding hydrogens is 1790 g/mol. The lowest BCUT2D eigenvalue weighted by molar-refractivity contribution is 0.0527. The molecule has 120 heavy (non-hydrogen) atoms. The van der Waals surface area contributed by atoms with Crippen LogP contribution in [0.4, 0.5) is 0 Å². The third-order valence-corrected chi connectivity index (χ3v) is 23.7. The van der Waals surface area contributed by atoms with Crippen LogP contribution in [0.2, 0.25) is 0 Å². The highest BCUT2D eigenvalue weighted by Crippen LogP contribution is 2.52. The summed E-state index contributed by atoms with van der Waals surface area (Å²) < 4.78 is 37.2. The number of nitrogens with zero attached hydrogens (tertiary/aromatic N) is 6. The summed E-state index contributed by atoms with van der Waals surface area (Å²) in [7, 11) is 8.89. The third kappa shape index (κ3) is 24.5. The van der Waals surface area contributed by atoms with Crippen molar-refractivity contribution >= 4 is 104 Å². The molecule has 24 nitrogen and oxygen atoms in total. The number of carbonyl (C=O) groups is 7. The highest BCUT2D eigenvalue weighted by molar-refractivity contribution is 9.11. The molecule has 0 fully saturated rings. The van der Waals surface area contributed by atoms with E-state index in [1.54, 1.807) is 38.0 Å². The van der Waals surface area contributed by atoms with Crippen molar-refractivity contribution < 1.29 is 67.1 Å². The Bertz CT molecular complexity index is 4990. The van der Waals surface area contributed by atoms with Crippen molar-refractivity contribution in [3.8, 4) is 34.5 Å². The number of aliphatic hydroxyl groups is 1. The van der Waals surface area contributed by atoms with Gasteiger partial charge in [-0.15, -0.1) is 13.2 Å². The molecule has 0 saturated heterocycles. The Hall–Kier alpha value is -8.05. The molecular formula is C92H129Br4N7O17. The first-order chi connectivity index (χ1) is 55.4. The number of allylic oxidation sites excluding steroid dienone is 1. The lowest BCUT2D eigenvalue weighted by Gasteiger charge is -2.41. The molecule has 3 atom stereocenters. The van der Waals surface area contributed by atoms with Crippen molar-refractivity contribution in [2.24, 2.45) is 0 Å². The zero-order valence-corrected chi connectivity index (χ0v) is 81.3. The molecule has 3 aliphatic rings. The molecule has 0 radical (unpaired) electrons. The summed E-state index contributed by atoms with van der Waals surface area (Å²) in [4.78, 5) is 140. The molecule has 0 saturated carbocycles. The minimum Gasteiger partial charge on any atom is -0.494 e. The van der Waals surface area contributed by atoms with Crippen LogP contribution in [0.25, 0.3) is 0 Å². The number of methoxy groups -OCH3 is 6. The van der Waals surface area contributed by atoms with Crippen LogP contribution in [-0.4, -0.2) is 141 Å². The maximum absolute atomic E-state index is 12.8. The van der Waals surface area contributed by atoms with Crippen molar-refractivity contribution in [3.63, 3.8) is 0 Å². The molecule has 6 aromatic heterocycles. The zero-order valence-electron chi connectivity index (χ0n) is 74.9. The maximum Gasteiger partial charge on any atom is 0.274 e. The van der Waals surface area contributed by atoms with Gasteiger partial charge in [-0.3, -0.25) is 47.9 Å². The van der Waals surface area contributed by atoms with Gasteiger partial charge >= 0.3 is 0 Å². The molecule has 0 aliphatic carbocycles. The van der Waals surface area contributed by atoms with Gasteiger partial charge in [-0.2, -0.15) is 0 Å². The number of Topliss-reactive ketones (excluding diaryl/α,β-unsaturated/α-hetero) is 6. The van der Waals surface area contributed by atoms with Crippen LogP contribution in [0.1, 0.15) is 335 Å². The van der Waals surface area contributed by atoms with Crippen LogP contribution in [0.3, 0.4) is 0 Å². The Balaban J connectivity index is 0.000000373. The smallest absolute Gasteiger partial charge is 0.274 e. The topological polar surface area (TPSA) is 314 Å². The Morgan fingerprint density at radius 3 is 1.38 bits per heavy atom. The molecule has 3 unspecified atom stereocenters. The molecule has 0 aromatic carbocycles. The zero-order chi connectivity index (χ0) is 90.9. The normalized spacial score (nSPS) is 15.9. The average molecular weight is 1920 g/mol. The quantitative estimate of drug-likeness (QED) is 0.0183. The van der Waals surface area contributed by atoms with Crippen molar-refractivity contribution in [1.29, 1.82) is 0 Å². The molecule has 3 aliphatic heterocycles. The monoisotopic (exact) mass is 1920 g/mol. The Kier molecular flexibility index (Phi) is 39.7. The van der Waals surface area contributed by atoms with Crippen molar-refractivity contribution in [2.45, 2.75) is 276 Å². The van der Waals surface area contributed by atoms with Gasteiger partial charge in [-0.1, -0.05) is 111 Å². The number of ether oxygens (including phenoxy) is 6. The van der Waals surface area contributed by atoms with Gasteiger partial charge in [-0.25, -0.2) is 15.0 Å². The van der Waals surface area contributed by atoms with E-state index in [-0.39, 0.29) is 120 Å². The van der Waals surface area contributed by atoms with Gasteiger partial charge in [0.15, 0.2) is 74.9 Å². The van der Waals surface area contributed by atoms with Crippen LogP contribution < -0.4 is 44.7 Å². The number of pyridine rings is 6. The van der Waals surface area contributed by atoms with E-state index in [4.69, 9.17) is 28.4 Å². The van der Waals surface area contributed by atoms with Gasteiger partial charge < -0.3 is 52.5 Å². The number of alkyl halides is 1. The number of hydrogen-bond donors (Lipinski definition) is 2. The number of H-pyrrole nitrogens is 1. The molecule has 6 aromatic rings. The van der Waals surface area contributed by atoms with E-state index in [0.29, 0.717) is 122 Å². The number of ketones is 6. The lowest BCUT2D eigenvalue weighted by Crippen LogP contribution is -2.52. The summed E-state index contributed by atoms with van der Waals surface area (Å²) in [6, 6.07) is 6.76. The van der Waals surface area contributed by atoms with Gasteiger partial charge in [0.25, 0.3) is 5.91 Å². The lowest BCUT2D eigenvalue weighted by atomic mass is 9.81. The predicted octanol–water partition coefficient (Wildman–Crippen LogP) is 20.4. The fourth-order valence-corrected chi connectivity index (χ4v) is 18.8. The molecule has 9 heterocycles. The number of aryl methyl sites for hydroxylation is 3. The number of likely N-dealkylation sites (N-methyl/N-ethyl adjacent to an activating group) is 1. The minimum atomic E-state index is -1.15. The summed E-state index contributed by atoms with van der Waals surface area (Å²) in [6.45, 7) is 50.0. The fraction of sp³-hybridized carbons (Fsp3) is 0.554. The van der Waals surface area contributed by atoms with Gasteiger partial charge in [0.1, 0.15) is 44.4 Å². The van der Waals surface area contributed by atoms with Crippen LogP contribution in [0.5, 0.6) is 34.5 Å². The number of aromatic amines is 1. The summed E-state index contributed by atoms with van der Waals surface area (Å²) in [5.74, 6) is 1.38. The predicted molar refractivity (Wildman–Crippen MR) is 490 cm³/mol. The number of aromatic nitrogens is 6. The first kappa shape index (κ1) is 106. The van der Waals surface area contributed by atoms with E-state index in [0.717, 1.165) is 96.3 Å². The average Bonchev–Trinajstić information content (AvgIpc) is 1.52. The number of halogens is 4. The largest absolute Gasteiger partial charge is 0.494 e.